The quantitative estimate of drug-likeness (QED) is 0.550. The van der Waals surface area contributed by atoms with Crippen LogP contribution in [0.5, 0.6) is 0 Å². The zero-order valence-corrected chi connectivity index (χ0v) is 20.8. The van der Waals surface area contributed by atoms with Gasteiger partial charge < -0.3 is 20.4 Å². The first-order chi connectivity index (χ1) is 16.9. The molecule has 2 N–H and O–H groups in total. The van der Waals surface area contributed by atoms with Crippen molar-refractivity contribution in [2.24, 2.45) is 0 Å². The van der Waals surface area contributed by atoms with Crippen molar-refractivity contribution < 1.29 is 9.59 Å². The van der Waals surface area contributed by atoms with Crippen molar-refractivity contribution in [1.29, 1.82) is 0 Å². The predicted molar refractivity (Wildman–Crippen MR) is 141 cm³/mol. The van der Waals surface area contributed by atoms with E-state index in [0.29, 0.717) is 26.1 Å². The smallest absolute Gasteiger partial charge is 0.319 e. The van der Waals surface area contributed by atoms with E-state index in [1.165, 1.54) is 0 Å². The summed E-state index contributed by atoms with van der Waals surface area (Å²) in [6.45, 7) is 6.25. The number of benzene rings is 2. The van der Waals surface area contributed by atoms with Gasteiger partial charge in [-0.25, -0.2) is 4.79 Å². The number of nitrogens with one attached hydrogen (secondary N) is 2. The fourth-order valence-corrected chi connectivity index (χ4v) is 4.32. The van der Waals surface area contributed by atoms with Crippen LogP contribution >= 0.6 is 0 Å². The molecule has 2 aromatic carbocycles. The third-order valence-electron chi connectivity index (χ3n) is 6.34. The number of fused-ring (bicyclic) bond motifs is 1. The van der Waals surface area contributed by atoms with Crippen LogP contribution in [0.15, 0.2) is 54.6 Å². The van der Waals surface area contributed by atoms with Gasteiger partial charge in [0.15, 0.2) is 0 Å². The predicted octanol–water partition coefficient (Wildman–Crippen LogP) is 3.12. The summed E-state index contributed by atoms with van der Waals surface area (Å²) in [5, 5.41) is 6.82. The number of piperazine rings is 1. The van der Waals surface area contributed by atoms with Gasteiger partial charge in [-0.2, -0.15) is 0 Å². The zero-order valence-electron chi connectivity index (χ0n) is 20.8. The monoisotopic (exact) mass is 474 g/mol. The molecule has 8 nitrogen and oxygen atoms in total. The molecule has 1 aliphatic rings. The number of carbonyl (C=O) groups is 2. The van der Waals surface area contributed by atoms with E-state index in [2.05, 4.69) is 20.5 Å². The van der Waals surface area contributed by atoms with E-state index in [1.54, 1.807) is 0 Å². The number of para-hydroxylation sites is 1. The lowest BCUT2D eigenvalue weighted by atomic mass is 10.1. The highest BCUT2D eigenvalue weighted by molar-refractivity contribution is 6.00. The maximum absolute atomic E-state index is 12.7. The maximum Gasteiger partial charge on any atom is 0.319 e. The fraction of sp³-hybridized carbons (Fsp3) is 0.370. The number of aryl methyl sites for hydroxylation is 1. The molecule has 1 fully saturated rings. The highest BCUT2D eigenvalue weighted by Gasteiger charge is 2.21. The van der Waals surface area contributed by atoms with Crippen LogP contribution in [0.1, 0.15) is 11.3 Å². The Morgan fingerprint density at radius 2 is 1.71 bits per heavy atom. The minimum Gasteiger partial charge on any atom is -0.378 e. The second-order valence-corrected chi connectivity index (χ2v) is 9.17. The van der Waals surface area contributed by atoms with E-state index in [9.17, 15) is 9.59 Å². The standard InChI is InChI=1S/C27H34N6O2/c1-20-18-25(23-6-4-5-7-24(23)29-20)30-27(35)28-12-13-32-14-16-33(17-15-32)26(34)19-21-8-10-22(11-9-21)31(2)3/h4-11,18H,12-17,19H2,1-3H3,(H2,28,29,30,35). The lowest BCUT2D eigenvalue weighted by Gasteiger charge is -2.34. The molecule has 3 aromatic rings. The van der Waals surface area contributed by atoms with E-state index < -0.39 is 0 Å². The summed E-state index contributed by atoms with van der Waals surface area (Å²) in [6, 6.07) is 17.6. The average molecular weight is 475 g/mol. The number of carbonyl (C=O) groups excluding carboxylic acids is 2. The van der Waals surface area contributed by atoms with Crippen molar-refractivity contribution in [3.63, 3.8) is 0 Å². The molecule has 0 radical (unpaired) electrons. The third-order valence-corrected chi connectivity index (χ3v) is 6.34. The summed E-state index contributed by atoms with van der Waals surface area (Å²) in [6.07, 6.45) is 0.429. The van der Waals surface area contributed by atoms with Crippen molar-refractivity contribution >= 4 is 34.2 Å². The Labute approximate surface area is 206 Å². The van der Waals surface area contributed by atoms with E-state index in [4.69, 9.17) is 0 Å². The number of urea groups is 1. The van der Waals surface area contributed by atoms with Crippen LogP contribution in [-0.2, 0) is 11.2 Å². The Hall–Kier alpha value is -3.65. The van der Waals surface area contributed by atoms with Gasteiger partial charge in [0.25, 0.3) is 0 Å². The molecule has 0 spiro atoms. The van der Waals surface area contributed by atoms with E-state index in [0.717, 1.165) is 53.2 Å². The molecule has 0 atom stereocenters. The first-order valence-electron chi connectivity index (χ1n) is 12.1. The molecule has 8 heteroatoms. The van der Waals surface area contributed by atoms with Gasteiger partial charge in [-0.15, -0.1) is 0 Å². The molecule has 35 heavy (non-hydrogen) atoms. The summed E-state index contributed by atoms with van der Waals surface area (Å²) in [5.41, 5.74) is 4.64. The molecule has 1 saturated heterocycles. The number of hydrogen-bond donors (Lipinski definition) is 2. The largest absolute Gasteiger partial charge is 0.378 e. The first-order valence-corrected chi connectivity index (χ1v) is 12.1. The van der Waals surface area contributed by atoms with Gasteiger partial charge in [0.1, 0.15) is 0 Å². The summed E-state index contributed by atoms with van der Waals surface area (Å²) < 4.78 is 0. The summed E-state index contributed by atoms with van der Waals surface area (Å²) >= 11 is 0. The molecule has 0 unspecified atom stereocenters. The normalized spacial score (nSPS) is 14.1. The molecule has 0 aliphatic carbocycles. The molecular weight excluding hydrogens is 440 g/mol. The Kier molecular flexibility index (Phi) is 7.82. The average Bonchev–Trinajstić information content (AvgIpc) is 2.84. The highest BCUT2D eigenvalue weighted by atomic mass is 16.2. The number of pyridine rings is 1. The Bertz CT molecular complexity index is 1170. The highest BCUT2D eigenvalue weighted by Crippen LogP contribution is 2.22. The van der Waals surface area contributed by atoms with Crippen molar-refractivity contribution in [1.82, 2.24) is 20.1 Å². The maximum atomic E-state index is 12.7. The van der Waals surface area contributed by atoms with Crippen LogP contribution < -0.4 is 15.5 Å². The van der Waals surface area contributed by atoms with Crippen LogP contribution in [0.2, 0.25) is 0 Å². The molecule has 1 aliphatic heterocycles. The number of aromatic nitrogens is 1. The molecule has 2 heterocycles. The van der Waals surface area contributed by atoms with Crippen molar-refractivity contribution in [3.05, 3.63) is 65.9 Å². The number of amides is 3. The third kappa shape index (κ3) is 6.48. The van der Waals surface area contributed by atoms with Gasteiger partial charge in [0, 0.05) is 70.1 Å². The van der Waals surface area contributed by atoms with Crippen molar-refractivity contribution in [3.8, 4) is 0 Å². The minimum atomic E-state index is -0.227. The molecule has 1 aromatic heterocycles. The minimum absolute atomic E-state index is 0.166. The lowest BCUT2D eigenvalue weighted by molar-refractivity contribution is -0.132. The van der Waals surface area contributed by atoms with Gasteiger partial charge in [-0.1, -0.05) is 30.3 Å². The van der Waals surface area contributed by atoms with E-state index in [-0.39, 0.29) is 11.9 Å². The molecule has 0 bridgehead atoms. The van der Waals surface area contributed by atoms with E-state index >= 15 is 0 Å². The van der Waals surface area contributed by atoms with E-state index in [1.807, 2.05) is 85.4 Å². The second-order valence-electron chi connectivity index (χ2n) is 9.17. The van der Waals surface area contributed by atoms with Crippen LogP contribution in [0.3, 0.4) is 0 Å². The fourth-order valence-electron chi connectivity index (χ4n) is 4.32. The lowest BCUT2D eigenvalue weighted by Crippen LogP contribution is -2.50. The SMILES string of the molecule is Cc1cc(NC(=O)NCCN2CCN(C(=O)Cc3ccc(N(C)C)cc3)CC2)c2ccccc2n1. The summed E-state index contributed by atoms with van der Waals surface area (Å²) in [7, 11) is 4.01. The van der Waals surface area contributed by atoms with Gasteiger partial charge in [0.2, 0.25) is 5.91 Å². The Morgan fingerprint density at radius 3 is 2.43 bits per heavy atom. The van der Waals surface area contributed by atoms with Crippen LogP contribution in [0, 0.1) is 6.92 Å². The van der Waals surface area contributed by atoms with Gasteiger partial charge in [-0.3, -0.25) is 14.7 Å². The number of rotatable bonds is 7. The van der Waals surface area contributed by atoms with Gasteiger partial charge >= 0.3 is 6.03 Å². The molecule has 3 amide bonds. The van der Waals surface area contributed by atoms with Crippen LogP contribution in [0.25, 0.3) is 10.9 Å². The molecule has 4 rings (SSSR count). The van der Waals surface area contributed by atoms with Crippen LogP contribution in [0.4, 0.5) is 16.2 Å². The topological polar surface area (TPSA) is 80.8 Å². The number of hydrogen-bond acceptors (Lipinski definition) is 5. The number of nitrogens with zero attached hydrogens (tertiary/aromatic N) is 4. The summed E-state index contributed by atoms with van der Waals surface area (Å²) in [5.74, 6) is 0.166. The van der Waals surface area contributed by atoms with Gasteiger partial charge in [-0.05, 0) is 36.8 Å². The Morgan fingerprint density at radius 1 is 1.00 bits per heavy atom. The number of anilines is 2. The molecule has 184 valence electrons. The first kappa shape index (κ1) is 24.5. The summed E-state index contributed by atoms with van der Waals surface area (Å²) in [4.78, 5) is 36.0. The van der Waals surface area contributed by atoms with Crippen molar-refractivity contribution in [2.75, 3.05) is 63.6 Å². The second kappa shape index (κ2) is 11.2. The zero-order chi connectivity index (χ0) is 24.8. The Balaban J connectivity index is 1.19. The molecular formula is C27H34N6O2. The molecule has 0 saturated carbocycles. The van der Waals surface area contributed by atoms with Crippen LogP contribution in [-0.4, -0.2) is 80.1 Å². The van der Waals surface area contributed by atoms with Crippen molar-refractivity contribution in [2.45, 2.75) is 13.3 Å². The van der Waals surface area contributed by atoms with Gasteiger partial charge in [0.05, 0.1) is 17.6 Å².